The van der Waals surface area contributed by atoms with Crippen LogP contribution in [0, 0.1) is 5.82 Å². The van der Waals surface area contributed by atoms with Gasteiger partial charge in [-0.05, 0) is 38.2 Å². The van der Waals surface area contributed by atoms with Crippen molar-refractivity contribution in [3.05, 3.63) is 35.1 Å². The molecule has 4 nitrogen and oxygen atoms in total. The fraction of sp³-hybridized carbons (Fsp3) is 0.500. The summed E-state index contributed by atoms with van der Waals surface area (Å²) in [7, 11) is 3.68. The lowest BCUT2D eigenvalue weighted by atomic mass is 10.0. The van der Waals surface area contributed by atoms with E-state index in [0.29, 0.717) is 18.5 Å². The molecule has 1 amide bonds. The monoisotopic (exact) mass is 321 g/mol. The van der Waals surface area contributed by atoms with Gasteiger partial charge in [0, 0.05) is 12.6 Å². The molecule has 0 aliphatic heterocycles. The highest BCUT2D eigenvalue weighted by Crippen LogP contribution is 2.15. The molecule has 0 aromatic heterocycles. The van der Waals surface area contributed by atoms with Gasteiger partial charge in [-0.2, -0.15) is 13.2 Å². The van der Waals surface area contributed by atoms with E-state index in [1.54, 1.807) is 5.32 Å². The average Bonchev–Trinajstić information content (AvgIpc) is 2.41. The van der Waals surface area contributed by atoms with E-state index in [4.69, 9.17) is 5.73 Å². The van der Waals surface area contributed by atoms with Gasteiger partial charge in [0.25, 0.3) is 5.91 Å². The van der Waals surface area contributed by atoms with Gasteiger partial charge in [0.15, 0.2) is 0 Å². The summed E-state index contributed by atoms with van der Waals surface area (Å²) in [6.07, 6.45) is -4.06. The first kappa shape index (κ1) is 18.4. The molecule has 0 saturated carbocycles. The molecular formula is C14H19F4N3O. The van der Waals surface area contributed by atoms with Crippen LogP contribution in [-0.2, 0) is 6.42 Å². The number of nitrogens with zero attached hydrogens (tertiary/aromatic N) is 1. The number of nitrogens with one attached hydrogen (secondary N) is 1. The van der Waals surface area contributed by atoms with Crippen LogP contribution in [-0.4, -0.2) is 50.2 Å². The van der Waals surface area contributed by atoms with Gasteiger partial charge in [0.1, 0.15) is 12.4 Å². The van der Waals surface area contributed by atoms with Crippen LogP contribution in [0.25, 0.3) is 0 Å². The number of alkyl halides is 3. The Hall–Kier alpha value is -1.67. The molecule has 0 aliphatic rings. The van der Waals surface area contributed by atoms with E-state index >= 15 is 0 Å². The van der Waals surface area contributed by atoms with Crippen molar-refractivity contribution in [3.63, 3.8) is 0 Å². The predicted molar refractivity (Wildman–Crippen MR) is 75.0 cm³/mol. The Morgan fingerprint density at radius 3 is 2.45 bits per heavy atom. The van der Waals surface area contributed by atoms with Gasteiger partial charge in [-0.1, -0.05) is 6.07 Å². The fourth-order valence-electron chi connectivity index (χ4n) is 1.89. The van der Waals surface area contributed by atoms with Crippen molar-refractivity contribution < 1.29 is 22.4 Å². The van der Waals surface area contributed by atoms with Gasteiger partial charge >= 0.3 is 6.18 Å². The Bertz CT molecular complexity index is 517. The number of rotatable bonds is 6. The molecule has 1 aromatic carbocycles. The molecule has 3 N–H and O–H groups in total. The number of benzene rings is 1. The third kappa shape index (κ3) is 5.61. The number of likely N-dealkylation sites (N-methyl/N-ethyl adjacent to an activating group) is 1. The Morgan fingerprint density at radius 1 is 1.36 bits per heavy atom. The molecular weight excluding hydrogens is 302 g/mol. The minimum Gasteiger partial charge on any atom is -0.343 e. The van der Waals surface area contributed by atoms with Gasteiger partial charge in [-0.3, -0.25) is 4.79 Å². The van der Waals surface area contributed by atoms with Gasteiger partial charge in [0.2, 0.25) is 0 Å². The van der Waals surface area contributed by atoms with E-state index < -0.39 is 30.0 Å². The minimum atomic E-state index is -4.54. The van der Waals surface area contributed by atoms with Gasteiger partial charge in [0.05, 0.1) is 5.56 Å². The molecule has 8 heteroatoms. The van der Waals surface area contributed by atoms with E-state index in [1.807, 2.05) is 19.0 Å². The van der Waals surface area contributed by atoms with E-state index in [2.05, 4.69) is 0 Å². The third-order valence-electron chi connectivity index (χ3n) is 3.20. The number of hydrogen-bond donors (Lipinski definition) is 2. The van der Waals surface area contributed by atoms with Crippen molar-refractivity contribution in [1.29, 1.82) is 0 Å². The average molecular weight is 321 g/mol. The summed E-state index contributed by atoms with van der Waals surface area (Å²) >= 11 is 0. The van der Waals surface area contributed by atoms with Crippen LogP contribution in [0.2, 0.25) is 0 Å². The molecule has 1 aromatic rings. The second-order valence-electron chi connectivity index (χ2n) is 5.17. The highest BCUT2D eigenvalue weighted by atomic mass is 19.4. The van der Waals surface area contributed by atoms with E-state index in [0.717, 1.165) is 6.07 Å². The summed E-state index contributed by atoms with van der Waals surface area (Å²) in [4.78, 5) is 13.4. The number of carbonyl (C=O) groups is 1. The van der Waals surface area contributed by atoms with Crippen LogP contribution in [0.4, 0.5) is 17.6 Å². The van der Waals surface area contributed by atoms with E-state index in [1.165, 1.54) is 12.1 Å². The largest absolute Gasteiger partial charge is 0.405 e. The van der Waals surface area contributed by atoms with Crippen molar-refractivity contribution in [2.24, 2.45) is 5.73 Å². The maximum absolute atomic E-state index is 13.9. The third-order valence-corrected chi connectivity index (χ3v) is 3.20. The summed E-state index contributed by atoms with van der Waals surface area (Å²) < 4.78 is 50.0. The lowest BCUT2D eigenvalue weighted by Crippen LogP contribution is -2.37. The van der Waals surface area contributed by atoms with Crippen LogP contribution >= 0.6 is 0 Å². The molecule has 22 heavy (non-hydrogen) atoms. The number of carbonyl (C=O) groups excluding carboxylic acids is 1. The summed E-state index contributed by atoms with van der Waals surface area (Å²) in [5.41, 5.74) is 5.82. The molecule has 0 spiro atoms. The predicted octanol–water partition coefficient (Wildman–Crippen LogP) is 1.55. The SMILES string of the molecule is CN(C)C(CN)Cc1ccc(C(=O)NCC(F)(F)F)c(F)c1. The van der Waals surface area contributed by atoms with Crippen LogP contribution in [0.5, 0.6) is 0 Å². The fourth-order valence-corrected chi connectivity index (χ4v) is 1.89. The lowest BCUT2D eigenvalue weighted by molar-refractivity contribution is -0.123. The van der Waals surface area contributed by atoms with Gasteiger partial charge < -0.3 is 16.0 Å². The van der Waals surface area contributed by atoms with Crippen molar-refractivity contribution >= 4 is 5.91 Å². The zero-order valence-corrected chi connectivity index (χ0v) is 12.4. The molecule has 0 saturated heterocycles. The number of halogens is 4. The Morgan fingerprint density at radius 2 is 2.00 bits per heavy atom. The second kappa shape index (κ2) is 7.55. The van der Waals surface area contributed by atoms with Crippen molar-refractivity contribution in [1.82, 2.24) is 10.2 Å². The van der Waals surface area contributed by atoms with Crippen molar-refractivity contribution in [2.75, 3.05) is 27.2 Å². The maximum Gasteiger partial charge on any atom is 0.405 e. The number of hydrogen-bond acceptors (Lipinski definition) is 3. The van der Waals surface area contributed by atoms with Gasteiger partial charge in [-0.25, -0.2) is 4.39 Å². The van der Waals surface area contributed by atoms with E-state index in [-0.39, 0.29) is 6.04 Å². The molecule has 0 bridgehead atoms. The van der Waals surface area contributed by atoms with Gasteiger partial charge in [-0.15, -0.1) is 0 Å². The van der Waals surface area contributed by atoms with Crippen molar-refractivity contribution in [3.8, 4) is 0 Å². The molecule has 0 fully saturated rings. The molecule has 0 aliphatic carbocycles. The minimum absolute atomic E-state index is 0.00399. The standard InChI is InChI=1S/C14H19F4N3O/c1-21(2)10(7-19)5-9-3-4-11(12(15)6-9)13(22)20-8-14(16,17)18/h3-4,6,10H,5,7-8,19H2,1-2H3,(H,20,22). The first-order valence-corrected chi connectivity index (χ1v) is 6.64. The number of nitrogens with two attached hydrogens (primary N) is 1. The summed E-state index contributed by atoms with van der Waals surface area (Å²) in [6, 6.07) is 3.84. The number of amides is 1. The van der Waals surface area contributed by atoms with Crippen LogP contribution in [0.15, 0.2) is 18.2 Å². The second-order valence-corrected chi connectivity index (χ2v) is 5.17. The Kier molecular flexibility index (Phi) is 6.31. The molecule has 1 unspecified atom stereocenters. The van der Waals surface area contributed by atoms with Crippen molar-refractivity contribution in [2.45, 2.75) is 18.6 Å². The smallest absolute Gasteiger partial charge is 0.343 e. The summed E-state index contributed by atoms with van der Waals surface area (Å²) in [5.74, 6) is -1.95. The lowest BCUT2D eigenvalue weighted by Gasteiger charge is -2.22. The van der Waals surface area contributed by atoms with E-state index in [9.17, 15) is 22.4 Å². The Balaban J connectivity index is 2.79. The Labute approximate surface area is 126 Å². The highest BCUT2D eigenvalue weighted by Gasteiger charge is 2.28. The molecule has 0 radical (unpaired) electrons. The zero-order chi connectivity index (χ0) is 16.9. The normalized spacial score (nSPS) is 13.3. The quantitative estimate of drug-likeness (QED) is 0.782. The zero-order valence-electron chi connectivity index (χ0n) is 12.4. The summed E-state index contributed by atoms with van der Waals surface area (Å²) in [6.45, 7) is -1.12. The first-order chi connectivity index (χ1) is 10.1. The molecule has 1 atom stereocenters. The molecule has 1 rings (SSSR count). The highest BCUT2D eigenvalue weighted by molar-refractivity contribution is 5.94. The summed E-state index contributed by atoms with van der Waals surface area (Å²) in [5, 5.41) is 1.64. The van der Waals surface area contributed by atoms with Crippen LogP contribution in [0.3, 0.4) is 0 Å². The first-order valence-electron chi connectivity index (χ1n) is 6.64. The molecule has 124 valence electrons. The topological polar surface area (TPSA) is 58.4 Å². The van der Waals surface area contributed by atoms with Crippen LogP contribution in [0.1, 0.15) is 15.9 Å². The van der Waals surface area contributed by atoms with Crippen LogP contribution < -0.4 is 11.1 Å². The molecule has 0 heterocycles. The maximum atomic E-state index is 13.9.